The fourth-order valence-electron chi connectivity index (χ4n) is 3.12. The van der Waals surface area contributed by atoms with E-state index in [9.17, 15) is 17.6 Å². The van der Waals surface area contributed by atoms with Crippen LogP contribution >= 0.6 is 0 Å². The number of nitrogens with one attached hydrogen (secondary N) is 1. The lowest BCUT2D eigenvalue weighted by molar-refractivity contribution is -0.117. The number of aryl methyl sites for hydroxylation is 1. The van der Waals surface area contributed by atoms with Crippen molar-refractivity contribution in [2.75, 3.05) is 11.4 Å². The van der Waals surface area contributed by atoms with Crippen LogP contribution in [0.5, 0.6) is 0 Å². The van der Waals surface area contributed by atoms with Crippen molar-refractivity contribution in [3.8, 4) is 0 Å². The number of carbonyl (C=O) groups excluding carboxylic acids is 1. The average Bonchev–Trinajstić information content (AvgIpc) is 3.00. The highest BCUT2D eigenvalue weighted by atomic mass is 32.2. The summed E-state index contributed by atoms with van der Waals surface area (Å²) in [6.07, 6.45) is 1.34. The monoisotopic (exact) mass is 376 g/mol. The lowest BCUT2D eigenvalue weighted by Crippen LogP contribution is -2.28. The number of amides is 1. The standard InChI is InChI=1S/C19H21FN2O3S/c1-13-12-17(9-10-18(13)22-11-3-4-19(22)23)26(24,25)21-14(2)15-5-7-16(20)8-6-15/h5-10,12,14,21H,3-4,11H2,1-2H3/t14-/m0/s1. The molecule has 1 heterocycles. The molecule has 0 spiro atoms. The Kier molecular flexibility index (Phi) is 5.11. The number of hydrogen-bond donors (Lipinski definition) is 1. The Hall–Kier alpha value is -2.25. The average molecular weight is 376 g/mol. The maximum atomic E-state index is 13.0. The quantitative estimate of drug-likeness (QED) is 0.871. The number of carbonyl (C=O) groups is 1. The Morgan fingerprint density at radius 2 is 1.85 bits per heavy atom. The van der Waals surface area contributed by atoms with Crippen molar-refractivity contribution in [3.05, 3.63) is 59.4 Å². The van der Waals surface area contributed by atoms with Gasteiger partial charge in [-0.15, -0.1) is 0 Å². The second-order valence-corrected chi connectivity index (χ2v) is 8.21. The molecule has 1 saturated heterocycles. The molecule has 1 amide bonds. The van der Waals surface area contributed by atoms with Gasteiger partial charge in [0.15, 0.2) is 0 Å². The van der Waals surface area contributed by atoms with Gasteiger partial charge in [-0.2, -0.15) is 0 Å². The number of sulfonamides is 1. The van der Waals surface area contributed by atoms with Gasteiger partial charge in [0.05, 0.1) is 4.90 Å². The summed E-state index contributed by atoms with van der Waals surface area (Å²) in [6, 6.07) is 9.95. The molecule has 0 bridgehead atoms. The highest BCUT2D eigenvalue weighted by Gasteiger charge is 2.25. The Bertz CT molecular complexity index is 926. The molecule has 3 rings (SSSR count). The predicted octanol–water partition coefficient (Wildman–Crippen LogP) is 3.30. The van der Waals surface area contributed by atoms with Gasteiger partial charge < -0.3 is 4.90 Å². The fraction of sp³-hybridized carbons (Fsp3) is 0.316. The molecular weight excluding hydrogens is 355 g/mol. The first-order valence-corrected chi connectivity index (χ1v) is 9.95. The zero-order valence-electron chi connectivity index (χ0n) is 14.7. The van der Waals surface area contributed by atoms with E-state index in [0.29, 0.717) is 18.5 Å². The van der Waals surface area contributed by atoms with Crippen LogP contribution in [0.4, 0.5) is 10.1 Å². The van der Waals surface area contributed by atoms with Crippen molar-refractivity contribution in [2.45, 2.75) is 37.6 Å². The zero-order chi connectivity index (χ0) is 18.9. The minimum Gasteiger partial charge on any atom is -0.312 e. The number of halogens is 1. The minimum atomic E-state index is -3.74. The van der Waals surface area contributed by atoms with Gasteiger partial charge in [0.25, 0.3) is 0 Å². The smallest absolute Gasteiger partial charge is 0.241 e. The molecule has 0 aromatic heterocycles. The lowest BCUT2D eigenvalue weighted by Gasteiger charge is -2.20. The fourth-order valence-corrected chi connectivity index (χ4v) is 4.44. The maximum absolute atomic E-state index is 13.0. The van der Waals surface area contributed by atoms with Gasteiger partial charge in [-0.05, 0) is 61.7 Å². The molecule has 1 fully saturated rings. The normalized spacial score (nSPS) is 16.1. The van der Waals surface area contributed by atoms with E-state index < -0.39 is 16.1 Å². The summed E-state index contributed by atoms with van der Waals surface area (Å²) in [7, 11) is -3.74. The Morgan fingerprint density at radius 1 is 1.15 bits per heavy atom. The number of nitrogens with zero attached hydrogens (tertiary/aromatic N) is 1. The summed E-state index contributed by atoms with van der Waals surface area (Å²) >= 11 is 0. The van der Waals surface area contributed by atoms with Gasteiger partial charge in [0.1, 0.15) is 5.82 Å². The van der Waals surface area contributed by atoms with Gasteiger partial charge >= 0.3 is 0 Å². The van der Waals surface area contributed by atoms with E-state index in [0.717, 1.165) is 17.7 Å². The van der Waals surface area contributed by atoms with Crippen molar-refractivity contribution in [1.29, 1.82) is 0 Å². The summed E-state index contributed by atoms with van der Waals surface area (Å²) < 4.78 is 41.0. The lowest BCUT2D eigenvalue weighted by atomic mass is 10.1. The van der Waals surface area contributed by atoms with Crippen LogP contribution in [0.1, 0.15) is 36.9 Å². The molecule has 1 aliphatic rings. The van der Waals surface area contributed by atoms with Crippen LogP contribution < -0.4 is 9.62 Å². The SMILES string of the molecule is Cc1cc(S(=O)(=O)N[C@@H](C)c2ccc(F)cc2)ccc1N1CCCC1=O. The van der Waals surface area contributed by atoms with Crippen LogP contribution in [0, 0.1) is 12.7 Å². The predicted molar refractivity (Wildman–Crippen MR) is 97.9 cm³/mol. The topological polar surface area (TPSA) is 66.5 Å². The largest absolute Gasteiger partial charge is 0.312 e. The highest BCUT2D eigenvalue weighted by Crippen LogP contribution is 2.28. The van der Waals surface area contributed by atoms with Gasteiger partial charge in [-0.3, -0.25) is 4.79 Å². The summed E-state index contributed by atoms with van der Waals surface area (Å²) in [5.41, 5.74) is 2.15. The second-order valence-electron chi connectivity index (χ2n) is 6.49. The van der Waals surface area contributed by atoms with E-state index >= 15 is 0 Å². The number of benzene rings is 2. The molecule has 2 aromatic rings. The van der Waals surface area contributed by atoms with Crippen LogP contribution in [-0.4, -0.2) is 20.9 Å². The maximum Gasteiger partial charge on any atom is 0.241 e. The molecule has 1 atom stereocenters. The summed E-state index contributed by atoms with van der Waals surface area (Å²) in [6.45, 7) is 4.16. The zero-order valence-corrected chi connectivity index (χ0v) is 15.5. The van der Waals surface area contributed by atoms with E-state index in [-0.39, 0.29) is 16.6 Å². The van der Waals surface area contributed by atoms with Crippen molar-refractivity contribution in [2.24, 2.45) is 0 Å². The van der Waals surface area contributed by atoms with Crippen LogP contribution in [0.25, 0.3) is 0 Å². The Labute approximate surface area is 152 Å². The first kappa shape index (κ1) is 18.5. The molecule has 0 aliphatic carbocycles. The molecular formula is C19H21FN2O3S. The van der Waals surface area contributed by atoms with E-state index in [1.807, 2.05) is 0 Å². The summed E-state index contributed by atoms with van der Waals surface area (Å²) in [4.78, 5) is 13.7. The highest BCUT2D eigenvalue weighted by molar-refractivity contribution is 7.89. The number of rotatable bonds is 5. The molecule has 0 saturated carbocycles. The van der Waals surface area contributed by atoms with Crippen molar-refractivity contribution in [1.82, 2.24) is 4.72 Å². The van der Waals surface area contributed by atoms with Crippen LogP contribution in [0.3, 0.4) is 0 Å². The molecule has 26 heavy (non-hydrogen) atoms. The van der Waals surface area contributed by atoms with Gasteiger partial charge in [0.2, 0.25) is 15.9 Å². The minimum absolute atomic E-state index is 0.0618. The van der Waals surface area contributed by atoms with Crippen molar-refractivity contribution in [3.63, 3.8) is 0 Å². The summed E-state index contributed by atoms with van der Waals surface area (Å²) in [5, 5.41) is 0. The van der Waals surface area contributed by atoms with Crippen LogP contribution in [0.15, 0.2) is 47.4 Å². The molecule has 7 heteroatoms. The third-order valence-corrected chi connectivity index (χ3v) is 6.08. The molecule has 2 aromatic carbocycles. The summed E-state index contributed by atoms with van der Waals surface area (Å²) in [5.74, 6) is -0.307. The third kappa shape index (κ3) is 3.78. The van der Waals surface area contributed by atoms with Gasteiger partial charge in [-0.25, -0.2) is 17.5 Å². The van der Waals surface area contributed by atoms with E-state index in [1.54, 1.807) is 43.0 Å². The number of anilines is 1. The van der Waals surface area contributed by atoms with Crippen LogP contribution in [-0.2, 0) is 14.8 Å². The van der Waals surface area contributed by atoms with Crippen LogP contribution in [0.2, 0.25) is 0 Å². The molecule has 138 valence electrons. The first-order chi connectivity index (χ1) is 12.3. The van der Waals surface area contributed by atoms with Crippen molar-refractivity contribution < 1.29 is 17.6 Å². The Morgan fingerprint density at radius 3 is 2.42 bits per heavy atom. The molecule has 5 nitrogen and oxygen atoms in total. The van der Waals surface area contributed by atoms with E-state index in [4.69, 9.17) is 0 Å². The van der Waals surface area contributed by atoms with E-state index in [1.165, 1.54) is 18.2 Å². The molecule has 1 aliphatic heterocycles. The number of hydrogen-bond acceptors (Lipinski definition) is 3. The first-order valence-electron chi connectivity index (χ1n) is 8.47. The Balaban J connectivity index is 1.82. The van der Waals surface area contributed by atoms with Crippen molar-refractivity contribution >= 4 is 21.6 Å². The molecule has 0 unspecified atom stereocenters. The van der Waals surface area contributed by atoms with Gasteiger partial charge in [-0.1, -0.05) is 12.1 Å². The molecule has 0 radical (unpaired) electrons. The second kappa shape index (κ2) is 7.17. The van der Waals surface area contributed by atoms with Gasteiger partial charge in [0, 0.05) is 24.7 Å². The van der Waals surface area contributed by atoms with E-state index in [2.05, 4.69) is 4.72 Å². The molecule has 1 N–H and O–H groups in total. The third-order valence-electron chi connectivity index (χ3n) is 4.54.